The van der Waals surface area contributed by atoms with E-state index < -0.39 is 0 Å². The van der Waals surface area contributed by atoms with Crippen molar-refractivity contribution in [2.45, 2.75) is 6.92 Å². The van der Waals surface area contributed by atoms with Crippen LogP contribution >= 0.6 is 0 Å². The van der Waals surface area contributed by atoms with Crippen LogP contribution in [0.25, 0.3) is 5.52 Å². The Morgan fingerprint density at radius 1 is 1.55 bits per heavy atom. The summed E-state index contributed by atoms with van der Waals surface area (Å²) in [6.07, 6.45) is 3.60. The molecule has 0 aliphatic rings. The van der Waals surface area contributed by atoms with Gasteiger partial charge < -0.3 is 5.10 Å². The zero-order valence-corrected chi connectivity index (χ0v) is 6.16. The van der Waals surface area contributed by atoms with Crippen molar-refractivity contribution in [3.63, 3.8) is 0 Å². The predicted molar refractivity (Wildman–Crippen MR) is 42.8 cm³/mol. The highest BCUT2D eigenvalue weighted by molar-refractivity contribution is 5.52. The van der Waals surface area contributed by atoms with E-state index in [1.165, 1.54) is 6.07 Å². The Morgan fingerprint density at radius 2 is 2.36 bits per heavy atom. The van der Waals surface area contributed by atoms with Crippen molar-refractivity contribution < 1.29 is 0 Å². The number of aryl methyl sites for hydroxylation is 1. The third kappa shape index (κ3) is 0.852. The largest absolute Gasteiger partial charge is 0.301 e. The molecule has 3 nitrogen and oxygen atoms in total. The molecule has 0 fully saturated rings. The third-order valence-electron chi connectivity index (χ3n) is 1.75. The van der Waals surface area contributed by atoms with E-state index in [1.54, 1.807) is 12.3 Å². The maximum atomic E-state index is 10.9. The first-order chi connectivity index (χ1) is 5.27. The van der Waals surface area contributed by atoms with Gasteiger partial charge in [0.05, 0.1) is 5.52 Å². The van der Waals surface area contributed by atoms with Gasteiger partial charge in [0, 0.05) is 24.5 Å². The average Bonchev–Trinajstić information content (AvgIpc) is 2.33. The molecule has 0 atom stereocenters. The van der Waals surface area contributed by atoms with E-state index in [0.29, 0.717) is 0 Å². The van der Waals surface area contributed by atoms with Gasteiger partial charge in [0.25, 0.3) is 0 Å². The van der Waals surface area contributed by atoms with Gasteiger partial charge >= 0.3 is 0 Å². The van der Waals surface area contributed by atoms with Crippen LogP contribution in [0.15, 0.2) is 29.3 Å². The molecule has 2 aromatic heterocycles. The predicted octanol–water partition coefficient (Wildman–Crippen LogP) is 0.936. The second-order valence-corrected chi connectivity index (χ2v) is 2.57. The minimum absolute atomic E-state index is 0.0488. The number of hydrogen-bond donors (Lipinski definition) is 1. The lowest BCUT2D eigenvalue weighted by atomic mass is 10.3. The zero-order valence-electron chi connectivity index (χ0n) is 6.16. The summed E-state index contributed by atoms with van der Waals surface area (Å²) >= 11 is 0. The smallest absolute Gasteiger partial charge is 0.182 e. The Kier molecular flexibility index (Phi) is 1.12. The van der Waals surface area contributed by atoms with E-state index in [9.17, 15) is 4.79 Å². The van der Waals surface area contributed by atoms with Crippen molar-refractivity contribution in [1.82, 2.24) is 9.61 Å². The maximum absolute atomic E-state index is 10.9. The third-order valence-corrected chi connectivity index (χ3v) is 1.75. The van der Waals surface area contributed by atoms with E-state index in [0.717, 1.165) is 11.1 Å². The number of fused-ring (bicyclic) bond motifs is 1. The van der Waals surface area contributed by atoms with Crippen LogP contribution < -0.4 is 5.43 Å². The molecule has 1 N–H and O–H groups in total. The van der Waals surface area contributed by atoms with Gasteiger partial charge in [-0.05, 0) is 12.5 Å². The number of aromatic nitrogens is 2. The first-order valence-corrected chi connectivity index (χ1v) is 3.44. The van der Waals surface area contributed by atoms with Crippen molar-refractivity contribution in [3.8, 4) is 0 Å². The molecule has 56 valence electrons. The van der Waals surface area contributed by atoms with Gasteiger partial charge in [-0.25, -0.2) is 0 Å². The molecule has 0 aliphatic carbocycles. The second-order valence-electron chi connectivity index (χ2n) is 2.57. The maximum Gasteiger partial charge on any atom is 0.182 e. The van der Waals surface area contributed by atoms with Crippen LogP contribution in [0.2, 0.25) is 0 Å². The van der Waals surface area contributed by atoms with Gasteiger partial charge in [-0.3, -0.25) is 9.31 Å². The molecule has 0 saturated heterocycles. The number of nitrogens with one attached hydrogen (secondary N) is 1. The van der Waals surface area contributed by atoms with Gasteiger partial charge in [0.1, 0.15) is 0 Å². The fourth-order valence-corrected chi connectivity index (χ4v) is 1.14. The van der Waals surface area contributed by atoms with Crippen molar-refractivity contribution in [3.05, 3.63) is 40.3 Å². The molecule has 2 rings (SSSR count). The van der Waals surface area contributed by atoms with Crippen LogP contribution in [0.1, 0.15) is 5.56 Å². The van der Waals surface area contributed by atoms with Crippen LogP contribution in [0.4, 0.5) is 0 Å². The fraction of sp³-hybridized carbons (Fsp3) is 0.125. The molecule has 0 amide bonds. The van der Waals surface area contributed by atoms with Crippen LogP contribution in [0.5, 0.6) is 0 Å². The molecule has 0 unspecified atom stereocenters. The highest BCUT2D eigenvalue weighted by atomic mass is 16.1. The van der Waals surface area contributed by atoms with Crippen LogP contribution in [-0.2, 0) is 0 Å². The van der Waals surface area contributed by atoms with E-state index in [-0.39, 0.29) is 5.43 Å². The Bertz CT molecular complexity index is 439. The topological polar surface area (TPSA) is 37.3 Å². The number of rotatable bonds is 0. The van der Waals surface area contributed by atoms with Gasteiger partial charge in [-0.2, -0.15) is 0 Å². The lowest BCUT2D eigenvalue weighted by molar-refractivity contribution is 0.958. The molecule has 3 heteroatoms. The number of H-pyrrole nitrogens is 1. The summed E-state index contributed by atoms with van der Waals surface area (Å²) in [6, 6.07) is 3.15. The lowest BCUT2D eigenvalue weighted by Gasteiger charge is -1.90. The van der Waals surface area contributed by atoms with Gasteiger partial charge in [-0.1, -0.05) is 0 Å². The Hall–Kier alpha value is -1.51. The van der Waals surface area contributed by atoms with E-state index >= 15 is 0 Å². The molecule has 0 aliphatic heterocycles. The van der Waals surface area contributed by atoms with Gasteiger partial charge in [0.2, 0.25) is 0 Å². The zero-order chi connectivity index (χ0) is 7.84. The van der Waals surface area contributed by atoms with E-state index in [4.69, 9.17) is 0 Å². The van der Waals surface area contributed by atoms with Crippen LogP contribution in [-0.4, -0.2) is 9.61 Å². The molecule has 0 bridgehead atoms. The number of nitrogens with zero attached hydrogens (tertiary/aromatic N) is 1. The number of hydrogen-bond acceptors (Lipinski definition) is 1. The molecule has 2 aromatic rings. The Balaban J connectivity index is 2.98. The summed E-state index contributed by atoms with van der Waals surface area (Å²) in [5, 5.41) is 2.99. The molecule has 0 aromatic carbocycles. The molecular formula is C8H8N2O. The monoisotopic (exact) mass is 148 g/mol. The Morgan fingerprint density at radius 3 is 3.18 bits per heavy atom. The molecule has 2 heterocycles. The van der Waals surface area contributed by atoms with Crippen molar-refractivity contribution >= 4 is 5.52 Å². The average molecular weight is 148 g/mol. The van der Waals surface area contributed by atoms with Crippen molar-refractivity contribution in [2.75, 3.05) is 0 Å². The minimum Gasteiger partial charge on any atom is -0.301 e. The van der Waals surface area contributed by atoms with E-state index in [2.05, 4.69) is 5.10 Å². The summed E-state index contributed by atoms with van der Waals surface area (Å²) in [5.41, 5.74) is 2.08. The highest BCUT2D eigenvalue weighted by Gasteiger charge is 1.95. The highest BCUT2D eigenvalue weighted by Crippen LogP contribution is 2.04. The van der Waals surface area contributed by atoms with Crippen LogP contribution in [0, 0.1) is 6.92 Å². The van der Waals surface area contributed by atoms with Crippen molar-refractivity contribution in [1.29, 1.82) is 0 Å². The quantitative estimate of drug-likeness (QED) is 0.593. The first kappa shape index (κ1) is 6.22. The summed E-state index contributed by atoms with van der Waals surface area (Å²) in [7, 11) is 0. The molecule has 0 spiro atoms. The second kappa shape index (κ2) is 1.99. The van der Waals surface area contributed by atoms with Gasteiger partial charge in [-0.15, -0.1) is 0 Å². The summed E-state index contributed by atoms with van der Waals surface area (Å²) < 4.78 is 1.82. The Labute approximate surface area is 63.3 Å². The van der Waals surface area contributed by atoms with E-state index in [1.807, 2.05) is 17.6 Å². The first-order valence-electron chi connectivity index (χ1n) is 3.44. The standard InChI is InChI=1S/C8H8N2O/c1-6-5-9-10-3-2-7(11)4-8(6)10/h2-5,9H,1H3. The normalized spacial score (nSPS) is 10.6. The van der Waals surface area contributed by atoms with Crippen molar-refractivity contribution in [2.24, 2.45) is 0 Å². The molecule has 0 saturated carbocycles. The molecule has 0 radical (unpaired) electrons. The summed E-state index contributed by atoms with van der Waals surface area (Å²) in [5.74, 6) is 0. The minimum atomic E-state index is 0.0488. The number of aromatic amines is 1. The number of pyridine rings is 1. The van der Waals surface area contributed by atoms with Gasteiger partial charge in [0.15, 0.2) is 5.43 Å². The fourth-order valence-electron chi connectivity index (χ4n) is 1.14. The van der Waals surface area contributed by atoms with Crippen LogP contribution in [0.3, 0.4) is 0 Å². The SMILES string of the molecule is Cc1c[nH]n2ccc(=O)cc12. The molecule has 11 heavy (non-hydrogen) atoms. The summed E-state index contributed by atoms with van der Waals surface area (Å²) in [4.78, 5) is 10.9. The lowest BCUT2D eigenvalue weighted by Crippen LogP contribution is -1.98. The summed E-state index contributed by atoms with van der Waals surface area (Å²) in [6.45, 7) is 1.96. The molecular weight excluding hydrogens is 140 g/mol.